The molecule has 4 aromatic carbocycles. The van der Waals surface area contributed by atoms with Crippen molar-refractivity contribution in [3.05, 3.63) is 141 Å². The Morgan fingerprint density at radius 2 is 0.873 bits per heavy atom. The largest absolute Gasteiger partial charge is 0.474 e. The molecule has 0 radical (unpaired) electrons. The van der Waals surface area contributed by atoms with E-state index in [4.69, 9.17) is 19.5 Å². The van der Waals surface area contributed by atoms with E-state index in [0.29, 0.717) is 12.8 Å². The first-order valence-corrected chi connectivity index (χ1v) is 20.7. The molecule has 4 aromatic rings. The number of hydrogen-bond donors (Lipinski definition) is 0. The van der Waals surface area contributed by atoms with Gasteiger partial charge in [-0.15, -0.1) is 0 Å². The lowest BCUT2D eigenvalue weighted by molar-refractivity contribution is 0.162. The fraction of sp³-hybridized carbons (Fsp3) is 0.490. The van der Waals surface area contributed by atoms with Gasteiger partial charge in [0.1, 0.15) is 29.7 Å². The van der Waals surface area contributed by atoms with Gasteiger partial charge in [0, 0.05) is 12.8 Å². The van der Waals surface area contributed by atoms with E-state index in [1.807, 2.05) is 0 Å². The van der Waals surface area contributed by atoms with Gasteiger partial charge in [0.05, 0.1) is 0 Å². The van der Waals surface area contributed by atoms with Crippen molar-refractivity contribution in [1.29, 1.82) is 0 Å². The first-order valence-electron chi connectivity index (χ1n) is 20.7. The van der Waals surface area contributed by atoms with Crippen molar-refractivity contribution in [2.24, 2.45) is 15.4 Å². The molecule has 0 bridgehead atoms. The maximum absolute atomic E-state index is 7.28. The van der Waals surface area contributed by atoms with Crippen LogP contribution in [0.5, 0.6) is 0 Å². The Labute approximate surface area is 330 Å². The molecule has 8 rings (SSSR count). The molecule has 0 aromatic heterocycles. The van der Waals surface area contributed by atoms with Gasteiger partial charge in [-0.2, -0.15) is 0 Å². The second-order valence-corrected chi connectivity index (χ2v) is 21.1. The molecule has 288 valence electrons. The van der Waals surface area contributed by atoms with E-state index in [2.05, 4.69) is 168 Å². The third-order valence-electron chi connectivity index (χ3n) is 12.7. The normalized spacial score (nSPS) is 22.0. The Hall–Kier alpha value is -4.18. The zero-order chi connectivity index (χ0) is 39.3. The van der Waals surface area contributed by atoms with Crippen LogP contribution in [0.4, 0.5) is 0 Å². The van der Waals surface area contributed by atoms with Gasteiger partial charge >= 0.3 is 0 Å². The average Bonchev–Trinajstić information content (AvgIpc) is 3.86. The Kier molecular flexibility index (Phi) is 8.87. The minimum atomic E-state index is -0.773. The predicted molar refractivity (Wildman–Crippen MR) is 228 cm³/mol. The third-order valence-corrected chi connectivity index (χ3v) is 12.7. The highest BCUT2D eigenvalue weighted by atomic mass is 16.5. The Morgan fingerprint density at radius 1 is 0.491 bits per heavy atom. The summed E-state index contributed by atoms with van der Waals surface area (Å²) in [7, 11) is 0. The van der Waals surface area contributed by atoms with Crippen LogP contribution in [0.15, 0.2) is 94.9 Å². The maximum Gasteiger partial charge on any atom is 0.201 e. The molecule has 0 spiro atoms. The molecule has 0 unspecified atom stereocenters. The second-order valence-electron chi connectivity index (χ2n) is 21.1. The Balaban J connectivity index is 1.38. The summed E-state index contributed by atoms with van der Waals surface area (Å²) in [6.07, 6.45) is 2.99. The van der Waals surface area contributed by atoms with Crippen molar-refractivity contribution in [1.82, 2.24) is 0 Å². The van der Waals surface area contributed by atoms with E-state index in [-0.39, 0.29) is 46.0 Å². The first-order chi connectivity index (χ1) is 25.7. The molecule has 0 saturated carbocycles. The number of benzene rings is 4. The molecule has 4 atom stereocenters. The lowest BCUT2D eigenvalue weighted by Crippen LogP contribution is -2.46. The fourth-order valence-corrected chi connectivity index (χ4v) is 9.56. The van der Waals surface area contributed by atoms with Crippen LogP contribution in [-0.4, -0.2) is 24.0 Å². The quantitative estimate of drug-likeness (QED) is 0.198. The van der Waals surface area contributed by atoms with Gasteiger partial charge in [0.15, 0.2) is 0 Å². The van der Waals surface area contributed by atoms with Gasteiger partial charge in [-0.05, 0) is 90.1 Å². The summed E-state index contributed by atoms with van der Waals surface area (Å²) in [4.78, 5) is 11.3. The molecule has 2 heterocycles. The Morgan fingerprint density at radius 3 is 1.24 bits per heavy atom. The predicted octanol–water partition coefficient (Wildman–Crippen LogP) is 11.8. The SMILES string of the molecule is CC(C)(C)c1ccc(CC(Cc2ccc(C(C)(C)C)cc2C(C)(C)C)(C2=N[C@H]3c4ccccc4C[C@H]3O2)C2=N[C@H]3c4ccccc4C[C@H]3O2)c(C(C)(C)C)c1. The standard InChI is InChI=1S/C51H62N2O2/c1-47(2,3)35-23-21-33(39(27-35)49(7,8)9)29-51(45-52-43-37-19-15-13-17-31(37)25-41(43)54-45,46-53-44-38-20-16-14-18-32(38)26-42(44)55-46)30-34-22-24-36(48(4,5)6)28-40(34)50(10,11)12/h13-24,27-28,41-44H,25-26,29-30H2,1-12H3/t41-,42-,43+,44+/m1/s1. The van der Waals surface area contributed by atoms with Crippen molar-refractivity contribution in [3.8, 4) is 0 Å². The molecular formula is C51H62N2O2. The highest BCUT2D eigenvalue weighted by molar-refractivity contribution is 6.07. The molecule has 4 nitrogen and oxygen atoms in total. The topological polar surface area (TPSA) is 43.2 Å². The summed E-state index contributed by atoms with van der Waals surface area (Å²) in [5, 5.41) is 0. The van der Waals surface area contributed by atoms with Crippen LogP contribution in [0.25, 0.3) is 0 Å². The van der Waals surface area contributed by atoms with E-state index in [9.17, 15) is 0 Å². The van der Waals surface area contributed by atoms with Crippen molar-refractivity contribution in [3.63, 3.8) is 0 Å². The van der Waals surface area contributed by atoms with E-state index >= 15 is 0 Å². The van der Waals surface area contributed by atoms with Gasteiger partial charge in [0.2, 0.25) is 11.8 Å². The lowest BCUT2D eigenvalue weighted by Gasteiger charge is -2.37. The van der Waals surface area contributed by atoms with Crippen LogP contribution in [0.1, 0.15) is 151 Å². The second kappa shape index (κ2) is 12.9. The van der Waals surface area contributed by atoms with Crippen LogP contribution in [0, 0.1) is 5.41 Å². The molecule has 2 aliphatic heterocycles. The zero-order valence-corrected chi connectivity index (χ0v) is 35.4. The van der Waals surface area contributed by atoms with E-state index < -0.39 is 5.41 Å². The Bertz CT molecular complexity index is 2040. The number of ether oxygens (including phenoxy) is 2. The van der Waals surface area contributed by atoms with Crippen molar-refractivity contribution >= 4 is 11.8 Å². The van der Waals surface area contributed by atoms with Crippen LogP contribution in [0.2, 0.25) is 0 Å². The van der Waals surface area contributed by atoms with Crippen molar-refractivity contribution in [2.75, 3.05) is 0 Å². The zero-order valence-electron chi connectivity index (χ0n) is 35.4. The number of rotatable bonds is 6. The van der Waals surface area contributed by atoms with Crippen molar-refractivity contribution < 1.29 is 9.47 Å². The molecule has 4 heteroatoms. The monoisotopic (exact) mass is 734 g/mol. The molecule has 0 fully saturated rings. The summed E-state index contributed by atoms with van der Waals surface area (Å²) in [6, 6.07) is 31.8. The van der Waals surface area contributed by atoms with Crippen LogP contribution >= 0.6 is 0 Å². The van der Waals surface area contributed by atoms with Gasteiger partial charge in [-0.1, -0.05) is 168 Å². The average molecular weight is 735 g/mol. The van der Waals surface area contributed by atoms with Gasteiger partial charge in [-0.3, -0.25) is 0 Å². The van der Waals surface area contributed by atoms with E-state index in [0.717, 1.165) is 24.6 Å². The lowest BCUT2D eigenvalue weighted by atomic mass is 9.69. The summed E-state index contributed by atoms with van der Waals surface area (Å²) in [6.45, 7) is 27.9. The summed E-state index contributed by atoms with van der Waals surface area (Å²) >= 11 is 0. The van der Waals surface area contributed by atoms with Gasteiger partial charge in [0.25, 0.3) is 0 Å². The molecule has 0 N–H and O–H groups in total. The van der Waals surface area contributed by atoms with Crippen LogP contribution in [0.3, 0.4) is 0 Å². The number of nitrogens with zero attached hydrogens (tertiary/aromatic N) is 2. The number of aliphatic imine (C=N–C) groups is 2. The maximum atomic E-state index is 7.28. The molecule has 55 heavy (non-hydrogen) atoms. The number of fused-ring (bicyclic) bond motifs is 6. The van der Waals surface area contributed by atoms with Crippen LogP contribution < -0.4 is 0 Å². The molecule has 4 aliphatic rings. The van der Waals surface area contributed by atoms with Crippen molar-refractivity contribution in [2.45, 2.75) is 155 Å². The van der Waals surface area contributed by atoms with E-state index in [1.54, 1.807) is 0 Å². The molecular weight excluding hydrogens is 673 g/mol. The summed E-state index contributed by atoms with van der Waals surface area (Å²) in [5.74, 6) is 1.56. The van der Waals surface area contributed by atoms with Gasteiger partial charge < -0.3 is 9.47 Å². The highest BCUT2D eigenvalue weighted by Gasteiger charge is 2.55. The minimum absolute atomic E-state index is 0.0268. The van der Waals surface area contributed by atoms with Gasteiger partial charge in [-0.25, -0.2) is 9.98 Å². The minimum Gasteiger partial charge on any atom is -0.474 e. The summed E-state index contributed by atoms with van der Waals surface area (Å²) in [5.41, 5.74) is 12.4. The first kappa shape index (κ1) is 37.7. The molecule has 2 aliphatic carbocycles. The summed E-state index contributed by atoms with van der Waals surface area (Å²) < 4.78 is 14.6. The highest BCUT2D eigenvalue weighted by Crippen LogP contribution is 2.50. The fourth-order valence-electron chi connectivity index (χ4n) is 9.56. The number of hydrogen-bond acceptors (Lipinski definition) is 4. The van der Waals surface area contributed by atoms with Crippen LogP contribution in [-0.2, 0) is 56.8 Å². The molecule has 0 amide bonds. The smallest absolute Gasteiger partial charge is 0.201 e. The van der Waals surface area contributed by atoms with E-state index in [1.165, 1.54) is 55.6 Å². The molecule has 0 saturated heterocycles. The third kappa shape index (κ3) is 6.76.